The fourth-order valence-corrected chi connectivity index (χ4v) is 4.37. The van der Waals surface area contributed by atoms with E-state index in [1.165, 1.54) is 4.90 Å². The number of rotatable bonds is 4. The molecule has 1 aromatic heterocycles. The maximum absolute atomic E-state index is 12.2. The largest absolute Gasteiger partial charge is 0.454 e. The van der Waals surface area contributed by atoms with Crippen LogP contribution < -0.4 is 24.7 Å². The predicted molar refractivity (Wildman–Crippen MR) is 108 cm³/mol. The minimum absolute atomic E-state index is 0.259. The second-order valence-corrected chi connectivity index (χ2v) is 7.87. The van der Waals surface area contributed by atoms with Crippen LogP contribution in [0.15, 0.2) is 39.5 Å². The Kier molecular flexibility index (Phi) is 4.60. The Balaban J connectivity index is 1.51. The van der Waals surface area contributed by atoms with Crippen LogP contribution in [0.5, 0.6) is 17.2 Å². The van der Waals surface area contributed by atoms with Gasteiger partial charge in [0, 0.05) is 17.0 Å². The van der Waals surface area contributed by atoms with Crippen molar-refractivity contribution in [3.63, 3.8) is 0 Å². The molecule has 2 aromatic carbocycles. The molecule has 0 spiro atoms. The molecule has 2 aliphatic rings. The van der Waals surface area contributed by atoms with Crippen molar-refractivity contribution in [2.45, 2.75) is 32.9 Å². The number of ether oxygens (including phenoxy) is 3. The molecule has 0 aliphatic carbocycles. The topological polar surface area (TPSA) is 62.3 Å². The van der Waals surface area contributed by atoms with Crippen LogP contribution in [0.4, 0.5) is 0 Å². The minimum Gasteiger partial charge on any atom is -0.454 e. The Morgan fingerprint density at radius 2 is 1.97 bits per heavy atom. The average Bonchev–Trinajstić information content (AvgIpc) is 3.17. The van der Waals surface area contributed by atoms with Crippen molar-refractivity contribution in [1.82, 2.24) is 0 Å². The summed E-state index contributed by atoms with van der Waals surface area (Å²) in [6.45, 7) is 4.21. The quantitative estimate of drug-likeness (QED) is 0.665. The molecule has 0 saturated carbocycles. The zero-order valence-corrected chi connectivity index (χ0v) is 16.8. The number of hydrogen-bond donors (Lipinski definition) is 1. The van der Waals surface area contributed by atoms with Crippen molar-refractivity contribution in [3.05, 3.63) is 62.5 Å². The molecular formula is C22H21ClNO5+. The Hall–Kier alpha value is -2.70. The third kappa shape index (κ3) is 3.32. The molecule has 0 bridgehead atoms. The van der Waals surface area contributed by atoms with Gasteiger partial charge in [-0.3, -0.25) is 4.90 Å². The van der Waals surface area contributed by atoms with Crippen LogP contribution in [0.1, 0.15) is 30.0 Å². The van der Waals surface area contributed by atoms with E-state index in [-0.39, 0.29) is 12.4 Å². The second kappa shape index (κ2) is 7.28. The molecule has 3 aromatic rings. The molecular weight excluding hydrogens is 394 g/mol. The van der Waals surface area contributed by atoms with Gasteiger partial charge in [-0.25, -0.2) is 4.79 Å². The van der Waals surface area contributed by atoms with E-state index >= 15 is 0 Å². The normalized spacial score (nSPS) is 17.2. The van der Waals surface area contributed by atoms with Gasteiger partial charge in [-0.1, -0.05) is 24.9 Å². The van der Waals surface area contributed by atoms with Crippen molar-refractivity contribution in [2.75, 3.05) is 13.5 Å². The third-order valence-corrected chi connectivity index (χ3v) is 5.66. The number of halogens is 1. The summed E-state index contributed by atoms with van der Waals surface area (Å²) < 4.78 is 22.5. The molecule has 1 atom stereocenters. The molecule has 3 heterocycles. The lowest BCUT2D eigenvalue weighted by Gasteiger charge is -2.27. The van der Waals surface area contributed by atoms with Gasteiger partial charge < -0.3 is 18.6 Å². The van der Waals surface area contributed by atoms with Crippen LogP contribution in [-0.2, 0) is 19.5 Å². The highest BCUT2D eigenvalue weighted by Gasteiger charge is 2.28. The van der Waals surface area contributed by atoms with Gasteiger partial charge in [0.1, 0.15) is 13.1 Å². The van der Waals surface area contributed by atoms with E-state index < -0.39 is 0 Å². The summed E-state index contributed by atoms with van der Waals surface area (Å²) in [4.78, 5) is 13.3. The summed E-state index contributed by atoms with van der Waals surface area (Å²) in [7, 11) is 0. The first kappa shape index (κ1) is 18.3. The Labute approximate surface area is 172 Å². The summed E-state index contributed by atoms with van der Waals surface area (Å²) in [5.41, 5.74) is 3.18. The van der Waals surface area contributed by atoms with Gasteiger partial charge in [-0.05, 0) is 36.2 Å². The number of fused-ring (bicyclic) bond motifs is 4. The Morgan fingerprint density at radius 3 is 2.83 bits per heavy atom. The standard InChI is InChI=1S/C22H20ClNO5/c1-2-3-14-7-20(25)29-21-15(14)8-17(23)22-16(21)10-24(11-26-22)9-13-4-5-18-19(6-13)28-12-27-18/h4-8H,2-3,9-12H2,1H3/p+1. The predicted octanol–water partition coefficient (Wildman–Crippen LogP) is 3.06. The summed E-state index contributed by atoms with van der Waals surface area (Å²) in [5, 5.41) is 1.45. The highest BCUT2D eigenvalue weighted by Crippen LogP contribution is 2.37. The lowest BCUT2D eigenvalue weighted by atomic mass is 10.0. The summed E-state index contributed by atoms with van der Waals surface area (Å²) in [5.74, 6) is 2.15. The van der Waals surface area contributed by atoms with Crippen molar-refractivity contribution < 1.29 is 23.5 Å². The molecule has 0 saturated heterocycles. The number of aryl methyl sites for hydroxylation is 1. The molecule has 150 valence electrons. The van der Waals surface area contributed by atoms with Crippen molar-refractivity contribution in [1.29, 1.82) is 0 Å². The lowest BCUT2D eigenvalue weighted by Crippen LogP contribution is -3.10. The molecule has 2 aliphatic heterocycles. The molecule has 1 unspecified atom stereocenters. The van der Waals surface area contributed by atoms with Crippen LogP contribution >= 0.6 is 11.6 Å². The first-order chi connectivity index (χ1) is 14.1. The van der Waals surface area contributed by atoms with Crippen molar-refractivity contribution >= 4 is 22.6 Å². The fraction of sp³-hybridized carbons (Fsp3) is 0.318. The summed E-state index contributed by atoms with van der Waals surface area (Å²) in [6, 6.07) is 9.38. The maximum atomic E-state index is 12.2. The van der Waals surface area contributed by atoms with E-state index in [2.05, 4.69) is 6.92 Å². The molecule has 0 radical (unpaired) electrons. The van der Waals surface area contributed by atoms with Crippen molar-refractivity contribution in [3.8, 4) is 17.2 Å². The van der Waals surface area contributed by atoms with E-state index in [1.807, 2.05) is 24.3 Å². The van der Waals surface area contributed by atoms with Gasteiger partial charge in [0.05, 0.1) is 10.6 Å². The average molecular weight is 415 g/mol. The molecule has 5 rings (SSSR count). The smallest absolute Gasteiger partial charge is 0.336 e. The highest BCUT2D eigenvalue weighted by molar-refractivity contribution is 6.33. The summed E-state index contributed by atoms with van der Waals surface area (Å²) >= 11 is 6.52. The molecule has 0 fully saturated rings. The monoisotopic (exact) mass is 414 g/mol. The number of nitrogens with one attached hydrogen (secondary N) is 1. The van der Waals surface area contributed by atoms with E-state index in [4.69, 9.17) is 30.2 Å². The minimum atomic E-state index is -0.339. The van der Waals surface area contributed by atoms with Crippen molar-refractivity contribution in [2.24, 2.45) is 0 Å². The van der Waals surface area contributed by atoms with Gasteiger partial charge in [0.2, 0.25) is 13.5 Å². The molecule has 29 heavy (non-hydrogen) atoms. The van der Waals surface area contributed by atoms with E-state index in [0.717, 1.165) is 53.0 Å². The summed E-state index contributed by atoms with van der Waals surface area (Å²) in [6.07, 6.45) is 1.73. The number of quaternary nitrogens is 1. The van der Waals surface area contributed by atoms with Crippen LogP contribution in [0.2, 0.25) is 5.02 Å². The van der Waals surface area contributed by atoms with E-state index in [1.54, 1.807) is 6.07 Å². The maximum Gasteiger partial charge on any atom is 0.336 e. The van der Waals surface area contributed by atoms with Crippen LogP contribution in [0, 0.1) is 0 Å². The van der Waals surface area contributed by atoms with Gasteiger partial charge >= 0.3 is 5.63 Å². The fourth-order valence-electron chi connectivity index (χ4n) is 4.09. The van der Waals surface area contributed by atoms with Gasteiger partial charge in [-0.2, -0.15) is 0 Å². The number of benzene rings is 2. The van der Waals surface area contributed by atoms with Crippen LogP contribution in [0.25, 0.3) is 11.0 Å². The van der Waals surface area contributed by atoms with Crippen LogP contribution in [-0.4, -0.2) is 13.5 Å². The van der Waals surface area contributed by atoms with Gasteiger partial charge in [0.25, 0.3) is 0 Å². The Morgan fingerprint density at radius 1 is 1.10 bits per heavy atom. The first-order valence-electron chi connectivity index (χ1n) is 9.75. The highest BCUT2D eigenvalue weighted by atomic mass is 35.5. The van der Waals surface area contributed by atoms with E-state index in [9.17, 15) is 4.79 Å². The van der Waals surface area contributed by atoms with Gasteiger partial charge in [-0.15, -0.1) is 0 Å². The molecule has 7 heteroatoms. The van der Waals surface area contributed by atoms with Crippen LogP contribution in [0.3, 0.4) is 0 Å². The lowest BCUT2D eigenvalue weighted by molar-refractivity contribution is -0.945. The second-order valence-electron chi connectivity index (χ2n) is 7.46. The van der Waals surface area contributed by atoms with Gasteiger partial charge in [0.15, 0.2) is 22.8 Å². The van der Waals surface area contributed by atoms with E-state index in [0.29, 0.717) is 29.6 Å². The zero-order chi connectivity index (χ0) is 20.0. The molecule has 6 nitrogen and oxygen atoms in total. The first-order valence-corrected chi connectivity index (χ1v) is 10.1. The SMILES string of the molecule is CCCc1cc(=O)oc2c3c(c(Cl)cc12)OC[NH+](Cc1ccc2c(c1)OCO2)C3. The Bertz CT molecular complexity index is 1160. The number of hydrogen-bond acceptors (Lipinski definition) is 5. The molecule has 0 amide bonds. The zero-order valence-electron chi connectivity index (χ0n) is 16.0. The third-order valence-electron chi connectivity index (χ3n) is 5.38. The molecule has 1 N–H and O–H groups in total.